The van der Waals surface area contributed by atoms with E-state index in [0.717, 1.165) is 11.1 Å². The lowest BCUT2D eigenvalue weighted by molar-refractivity contribution is -0.157. The molecule has 2 aliphatic heterocycles. The Hall–Kier alpha value is -3.10. The third kappa shape index (κ3) is 4.96. The van der Waals surface area contributed by atoms with Crippen molar-refractivity contribution in [1.82, 2.24) is 9.80 Å². The summed E-state index contributed by atoms with van der Waals surface area (Å²) in [7, 11) is 0. The lowest BCUT2D eigenvalue weighted by Gasteiger charge is -2.43. The Bertz CT molecular complexity index is 1150. The summed E-state index contributed by atoms with van der Waals surface area (Å²) in [5.41, 5.74) is -4.42. The lowest BCUT2D eigenvalue weighted by atomic mass is 9.72. The normalized spacial score (nSPS) is 30.9. The van der Waals surface area contributed by atoms with Crippen LogP contribution in [0.15, 0.2) is 60.7 Å². The smallest absolute Gasteiger partial charge is 0.412 e. The predicted molar refractivity (Wildman–Crippen MR) is 153 cm³/mol. The number of amides is 2. The first-order valence-corrected chi connectivity index (χ1v) is 13.9. The summed E-state index contributed by atoms with van der Waals surface area (Å²) >= 11 is 0. The molecule has 2 aliphatic rings. The molecular formula is C32H44N2O6. The van der Waals surface area contributed by atoms with Crippen LogP contribution in [0.2, 0.25) is 0 Å². The van der Waals surface area contributed by atoms with Gasteiger partial charge in [0.2, 0.25) is 0 Å². The van der Waals surface area contributed by atoms with E-state index in [1.54, 1.807) is 27.7 Å². The summed E-state index contributed by atoms with van der Waals surface area (Å²) in [4.78, 5) is 28.7. The quantitative estimate of drug-likeness (QED) is 0.423. The molecule has 0 bridgehead atoms. The van der Waals surface area contributed by atoms with Crippen molar-refractivity contribution in [3.63, 3.8) is 0 Å². The monoisotopic (exact) mass is 552 g/mol. The second-order valence-corrected chi connectivity index (χ2v) is 13.4. The minimum absolute atomic E-state index is 0.0450. The highest BCUT2D eigenvalue weighted by Crippen LogP contribution is 2.47. The van der Waals surface area contributed by atoms with Gasteiger partial charge in [0.1, 0.15) is 0 Å². The third-order valence-corrected chi connectivity index (χ3v) is 9.34. The predicted octanol–water partition coefficient (Wildman–Crippen LogP) is 5.56. The molecule has 2 aromatic rings. The molecule has 4 atom stereocenters. The van der Waals surface area contributed by atoms with Crippen LogP contribution in [0.4, 0.5) is 9.59 Å². The Morgan fingerprint density at radius 3 is 1.23 bits per heavy atom. The third-order valence-electron chi connectivity index (χ3n) is 9.34. The zero-order valence-corrected chi connectivity index (χ0v) is 25.0. The van der Waals surface area contributed by atoms with Crippen molar-refractivity contribution in [3.8, 4) is 0 Å². The van der Waals surface area contributed by atoms with Crippen LogP contribution in [0.1, 0.15) is 79.4 Å². The van der Waals surface area contributed by atoms with Crippen LogP contribution < -0.4 is 0 Å². The van der Waals surface area contributed by atoms with Gasteiger partial charge in [0, 0.05) is 25.9 Å². The molecule has 0 spiro atoms. The first kappa shape index (κ1) is 29.9. The van der Waals surface area contributed by atoms with Gasteiger partial charge in [0.15, 0.2) is 22.7 Å². The van der Waals surface area contributed by atoms with Gasteiger partial charge in [0.25, 0.3) is 0 Å². The Morgan fingerprint density at radius 2 is 0.925 bits per heavy atom. The molecule has 0 aromatic heterocycles. The van der Waals surface area contributed by atoms with E-state index in [9.17, 15) is 19.8 Å². The van der Waals surface area contributed by atoms with Crippen molar-refractivity contribution >= 4 is 12.2 Å². The van der Waals surface area contributed by atoms with Crippen LogP contribution in [-0.2, 0) is 20.3 Å². The second kappa shape index (κ2) is 9.77. The summed E-state index contributed by atoms with van der Waals surface area (Å²) in [6, 6.07) is 19.8. The number of carbonyl (C=O) groups is 2. The molecule has 218 valence electrons. The maximum Gasteiger partial charge on any atom is 0.412 e. The molecule has 8 heteroatoms. The van der Waals surface area contributed by atoms with E-state index in [-0.39, 0.29) is 13.1 Å². The molecule has 0 aliphatic carbocycles. The Kier molecular flexibility index (Phi) is 7.30. The van der Waals surface area contributed by atoms with Crippen LogP contribution in [0.3, 0.4) is 0 Å². The second-order valence-electron chi connectivity index (χ2n) is 13.4. The van der Waals surface area contributed by atoms with Crippen molar-refractivity contribution in [2.24, 2.45) is 0 Å². The van der Waals surface area contributed by atoms with E-state index in [1.807, 2.05) is 60.7 Å². The number of hydrogen-bond donors (Lipinski definition) is 2. The number of benzene rings is 2. The van der Waals surface area contributed by atoms with Gasteiger partial charge in [-0.15, -0.1) is 0 Å². The van der Waals surface area contributed by atoms with E-state index in [4.69, 9.17) is 9.47 Å². The van der Waals surface area contributed by atoms with E-state index in [1.165, 1.54) is 9.80 Å². The van der Waals surface area contributed by atoms with Gasteiger partial charge in [0.05, 0.1) is 0 Å². The fourth-order valence-electron chi connectivity index (χ4n) is 6.51. The van der Waals surface area contributed by atoms with E-state index in [2.05, 4.69) is 27.7 Å². The van der Waals surface area contributed by atoms with Gasteiger partial charge in [-0.3, -0.25) is 9.80 Å². The Morgan fingerprint density at radius 1 is 0.625 bits per heavy atom. The van der Waals surface area contributed by atoms with Gasteiger partial charge in [-0.25, -0.2) is 9.59 Å². The van der Waals surface area contributed by atoms with Gasteiger partial charge < -0.3 is 19.7 Å². The van der Waals surface area contributed by atoms with Crippen molar-refractivity contribution in [3.05, 3.63) is 71.8 Å². The van der Waals surface area contributed by atoms with Crippen molar-refractivity contribution < 1.29 is 29.3 Å². The fourth-order valence-corrected chi connectivity index (χ4v) is 6.51. The summed E-state index contributed by atoms with van der Waals surface area (Å²) in [5.74, 6) is 0. The highest BCUT2D eigenvalue weighted by Gasteiger charge is 2.63. The number of carbonyl (C=O) groups excluding carboxylic acids is 2. The maximum atomic E-state index is 13.1. The largest absolute Gasteiger partial charge is 0.438 e. The number of ether oxygens (including phenoxy) is 2. The van der Waals surface area contributed by atoms with Crippen molar-refractivity contribution in [2.45, 2.75) is 102 Å². The SMILES string of the molecule is CC(C)(C[C@@]1(C)OC(=O)N(CCN2C(=O)O[C@@](C)(CC(C)(C)c3ccccc3)[C@@]2(C)O)[C@]1(C)O)c1ccccc1. The molecule has 4 rings (SSSR count). The number of aliphatic hydroxyl groups is 2. The highest BCUT2D eigenvalue weighted by molar-refractivity contribution is 5.74. The first-order valence-electron chi connectivity index (χ1n) is 13.9. The number of hydrogen-bond acceptors (Lipinski definition) is 6. The summed E-state index contributed by atoms with van der Waals surface area (Å²) in [6.45, 7) is 14.7. The van der Waals surface area contributed by atoms with E-state index >= 15 is 0 Å². The van der Waals surface area contributed by atoms with Crippen LogP contribution in [0, 0.1) is 0 Å². The summed E-state index contributed by atoms with van der Waals surface area (Å²) < 4.78 is 11.6. The van der Waals surface area contributed by atoms with Crippen LogP contribution in [0.5, 0.6) is 0 Å². The summed E-state index contributed by atoms with van der Waals surface area (Å²) in [5, 5.41) is 23.4. The maximum absolute atomic E-state index is 13.1. The molecule has 2 aromatic carbocycles. The number of rotatable bonds is 9. The average Bonchev–Trinajstić information content (AvgIpc) is 3.12. The molecule has 40 heavy (non-hydrogen) atoms. The van der Waals surface area contributed by atoms with Gasteiger partial charge in [-0.2, -0.15) is 0 Å². The molecule has 2 heterocycles. The molecular weight excluding hydrogens is 508 g/mol. The molecule has 0 radical (unpaired) electrons. The molecule has 2 amide bonds. The zero-order chi connectivity index (χ0) is 29.8. The van der Waals surface area contributed by atoms with Crippen molar-refractivity contribution in [2.75, 3.05) is 13.1 Å². The van der Waals surface area contributed by atoms with Gasteiger partial charge in [-0.1, -0.05) is 88.4 Å². The lowest BCUT2D eigenvalue weighted by Crippen LogP contribution is -2.60. The van der Waals surface area contributed by atoms with E-state index in [0.29, 0.717) is 12.8 Å². The highest BCUT2D eigenvalue weighted by atomic mass is 16.6. The topological polar surface area (TPSA) is 99.5 Å². The zero-order valence-electron chi connectivity index (χ0n) is 25.0. The molecule has 8 nitrogen and oxygen atoms in total. The fraction of sp³-hybridized carbons (Fsp3) is 0.562. The average molecular weight is 553 g/mol. The number of nitrogens with zero attached hydrogens (tertiary/aromatic N) is 2. The molecule has 0 unspecified atom stereocenters. The molecule has 2 fully saturated rings. The molecule has 2 N–H and O–H groups in total. The van der Waals surface area contributed by atoms with Crippen molar-refractivity contribution in [1.29, 1.82) is 0 Å². The Labute approximate surface area is 237 Å². The molecule has 2 saturated heterocycles. The molecule has 0 saturated carbocycles. The van der Waals surface area contributed by atoms with Gasteiger partial charge >= 0.3 is 12.2 Å². The minimum atomic E-state index is -1.66. The van der Waals surface area contributed by atoms with Crippen LogP contribution in [0.25, 0.3) is 0 Å². The minimum Gasteiger partial charge on any atom is -0.438 e. The standard InChI is InChI=1S/C32H44N2O6/c1-27(2,23-15-11-9-12-16-23)21-29(5)31(7,37)33(25(35)39-29)19-20-34-26(36)40-30(6,32(34,8)38)22-28(3,4)24-17-13-10-14-18-24/h9-18,37-38H,19-22H2,1-8H3/t29-,30+,31-,32-/m1/s1. The van der Waals surface area contributed by atoms with E-state index < -0.39 is 45.7 Å². The first-order chi connectivity index (χ1) is 18.4. The Balaban J connectivity index is 1.50. The number of cyclic esters (lactones) is 2. The van der Waals surface area contributed by atoms with Crippen LogP contribution in [-0.4, -0.2) is 67.9 Å². The van der Waals surface area contributed by atoms with Gasteiger partial charge in [-0.05, 0) is 49.7 Å². The summed E-state index contributed by atoms with van der Waals surface area (Å²) in [6.07, 6.45) is -0.599. The van der Waals surface area contributed by atoms with Crippen LogP contribution >= 0.6 is 0 Å².